The van der Waals surface area contributed by atoms with Crippen molar-refractivity contribution in [1.29, 1.82) is 0 Å². The summed E-state index contributed by atoms with van der Waals surface area (Å²) in [5, 5.41) is 7.44. The molecule has 2 heterocycles. The summed E-state index contributed by atoms with van der Waals surface area (Å²) < 4.78 is 10.1. The lowest BCUT2D eigenvalue weighted by Gasteiger charge is -2.03. The monoisotopic (exact) mass is 357 g/mol. The summed E-state index contributed by atoms with van der Waals surface area (Å²) in [5.41, 5.74) is 1.67. The fourth-order valence-corrected chi connectivity index (χ4v) is 2.78. The van der Waals surface area contributed by atoms with Crippen LogP contribution in [-0.2, 0) is 4.79 Å². The fourth-order valence-electron chi connectivity index (χ4n) is 2.04. The van der Waals surface area contributed by atoms with Crippen LogP contribution in [0.4, 0.5) is 5.13 Å². The average Bonchev–Trinajstić information content (AvgIpc) is 3.32. The number of rotatable bonds is 6. The molecule has 0 saturated carbocycles. The largest absolute Gasteiger partial charge is 0.497 e. The van der Waals surface area contributed by atoms with Crippen LogP contribution in [0.3, 0.4) is 0 Å². The predicted molar refractivity (Wildman–Crippen MR) is 93.8 cm³/mol. The number of nitrogens with one attached hydrogen (secondary N) is 2. The van der Waals surface area contributed by atoms with Crippen LogP contribution in [0.5, 0.6) is 5.75 Å². The standard InChI is InChI=1S/C17H15N3O4S/c1-23-12-6-4-11(5-7-12)13-10-25-17(19-13)20-15(21)9-18-16(22)14-3-2-8-24-14/h2-8,10H,9H2,1H3,(H,18,22)(H,19,20,21). The van der Waals surface area contributed by atoms with Crippen molar-refractivity contribution in [1.82, 2.24) is 10.3 Å². The van der Waals surface area contributed by atoms with Gasteiger partial charge in [-0.15, -0.1) is 11.3 Å². The molecular formula is C17H15N3O4S. The van der Waals surface area contributed by atoms with E-state index >= 15 is 0 Å². The van der Waals surface area contributed by atoms with Crippen LogP contribution in [-0.4, -0.2) is 30.5 Å². The molecule has 2 aromatic heterocycles. The molecule has 0 unspecified atom stereocenters. The fraction of sp³-hybridized carbons (Fsp3) is 0.118. The van der Waals surface area contributed by atoms with E-state index in [4.69, 9.17) is 9.15 Å². The zero-order valence-electron chi connectivity index (χ0n) is 13.3. The summed E-state index contributed by atoms with van der Waals surface area (Å²) in [6, 6.07) is 10.6. The number of anilines is 1. The van der Waals surface area contributed by atoms with Crippen LogP contribution < -0.4 is 15.4 Å². The minimum Gasteiger partial charge on any atom is -0.497 e. The van der Waals surface area contributed by atoms with Gasteiger partial charge in [0.25, 0.3) is 5.91 Å². The molecule has 1 aromatic carbocycles. The van der Waals surface area contributed by atoms with E-state index in [0.29, 0.717) is 5.13 Å². The normalized spacial score (nSPS) is 10.3. The highest BCUT2D eigenvalue weighted by molar-refractivity contribution is 7.14. The Morgan fingerprint density at radius 3 is 2.72 bits per heavy atom. The van der Waals surface area contributed by atoms with E-state index in [1.165, 1.54) is 23.7 Å². The van der Waals surface area contributed by atoms with Crippen LogP contribution in [0.2, 0.25) is 0 Å². The minimum absolute atomic E-state index is 0.156. The summed E-state index contributed by atoms with van der Waals surface area (Å²) in [5.74, 6) is 0.109. The SMILES string of the molecule is COc1ccc(-c2csc(NC(=O)CNC(=O)c3ccco3)n2)cc1. The second kappa shape index (κ2) is 7.63. The Bertz CT molecular complexity index is 856. The van der Waals surface area contributed by atoms with Crippen molar-refractivity contribution in [3.63, 3.8) is 0 Å². The zero-order valence-corrected chi connectivity index (χ0v) is 14.1. The molecule has 8 heteroatoms. The van der Waals surface area contributed by atoms with E-state index in [9.17, 15) is 9.59 Å². The van der Waals surface area contributed by atoms with Crippen molar-refractivity contribution in [3.05, 3.63) is 53.8 Å². The van der Waals surface area contributed by atoms with Gasteiger partial charge in [-0.1, -0.05) is 0 Å². The number of aromatic nitrogens is 1. The van der Waals surface area contributed by atoms with E-state index in [2.05, 4.69) is 15.6 Å². The third kappa shape index (κ3) is 4.24. The molecule has 0 fully saturated rings. The number of carbonyl (C=O) groups is 2. The molecule has 0 radical (unpaired) electrons. The van der Waals surface area contributed by atoms with Crippen LogP contribution in [0.1, 0.15) is 10.6 Å². The van der Waals surface area contributed by atoms with Crippen LogP contribution >= 0.6 is 11.3 Å². The lowest BCUT2D eigenvalue weighted by Crippen LogP contribution is -2.32. The van der Waals surface area contributed by atoms with Gasteiger partial charge < -0.3 is 19.8 Å². The highest BCUT2D eigenvalue weighted by Gasteiger charge is 2.12. The molecule has 0 aliphatic heterocycles. The molecule has 2 amide bonds. The molecule has 0 aliphatic carbocycles. The van der Waals surface area contributed by atoms with E-state index in [-0.39, 0.29) is 18.2 Å². The molecule has 0 saturated heterocycles. The third-order valence-electron chi connectivity index (χ3n) is 3.29. The molecule has 0 spiro atoms. The molecule has 3 aromatic rings. The number of ether oxygens (including phenoxy) is 1. The molecule has 2 N–H and O–H groups in total. The van der Waals surface area contributed by atoms with Crippen molar-refractivity contribution in [2.75, 3.05) is 19.0 Å². The number of hydrogen-bond acceptors (Lipinski definition) is 6. The maximum atomic E-state index is 11.9. The van der Waals surface area contributed by atoms with E-state index in [1.807, 2.05) is 29.6 Å². The molecule has 0 aliphatic rings. The van der Waals surface area contributed by atoms with Gasteiger partial charge in [0.1, 0.15) is 5.75 Å². The topological polar surface area (TPSA) is 93.5 Å². The summed E-state index contributed by atoms with van der Waals surface area (Å²) in [7, 11) is 1.61. The summed E-state index contributed by atoms with van der Waals surface area (Å²) in [6.45, 7) is -0.170. The van der Waals surface area contributed by atoms with Gasteiger partial charge >= 0.3 is 0 Å². The van der Waals surface area contributed by atoms with Gasteiger partial charge in [-0.2, -0.15) is 0 Å². The van der Waals surface area contributed by atoms with Crippen molar-refractivity contribution < 1.29 is 18.7 Å². The smallest absolute Gasteiger partial charge is 0.287 e. The maximum Gasteiger partial charge on any atom is 0.287 e. The Balaban J connectivity index is 1.55. The summed E-state index contributed by atoms with van der Waals surface area (Å²) in [6.07, 6.45) is 1.39. The maximum absolute atomic E-state index is 11.9. The Labute approximate surface area is 147 Å². The first kappa shape index (κ1) is 16.7. The second-order valence-electron chi connectivity index (χ2n) is 4.97. The van der Waals surface area contributed by atoms with E-state index in [1.54, 1.807) is 13.2 Å². The lowest BCUT2D eigenvalue weighted by atomic mass is 10.2. The lowest BCUT2D eigenvalue weighted by molar-refractivity contribution is -0.115. The van der Waals surface area contributed by atoms with Crippen LogP contribution in [0, 0.1) is 0 Å². The zero-order chi connectivity index (χ0) is 17.6. The number of nitrogens with zero attached hydrogens (tertiary/aromatic N) is 1. The molecular weight excluding hydrogens is 342 g/mol. The van der Waals surface area contributed by atoms with Crippen molar-refractivity contribution in [2.45, 2.75) is 0 Å². The average molecular weight is 357 g/mol. The van der Waals surface area contributed by atoms with Gasteiger partial charge in [0.2, 0.25) is 5.91 Å². The third-order valence-corrected chi connectivity index (χ3v) is 4.05. The number of hydrogen-bond donors (Lipinski definition) is 2. The predicted octanol–water partition coefficient (Wildman–Crippen LogP) is 2.78. The van der Waals surface area contributed by atoms with E-state index < -0.39 is 5.91 Å². The Morgan fingerprint density at radius 1 is 1.24 bits per heavy atom. The molecule has 25 heavy (non-hydrogen) atoms. The number of thiazole rings is 1. The number of carbonyl (C=O) groups excluding carboxylic acids is 2. The highest BCUT2D eigenvalue weighted by Crippen LogP contribution is 2.26. The minimum atomic E-state index is -0.446. The number of methoxy groups -OCH3 is 1. The molecule has 128 valence electrons. The quantitative estimate of drug-likeness (QED) is 0.707. The first-order valence-electron chi connectivity index (χ1n) is 7.37. The molecule has 0 atom stereocenters. The first-order chi connectivity index (χ1) is 12.2. The Hall–Kier alpha value is -3.13. The Kier molecular flexibility index (Phi) is 5.10. The van der Waals surface area contributed by atoms with Gasteiger partial charge in [0.15, 0.2) is 10.9 Å². The number of amides is 2. The molecule has 0 bridgehead atoms. The summed E-state index contributed by atoms with van der Waals surface area (Å²) in [4.78, 5) is 28.0. The molecule has 7 nitrogen and oxygen atoms in total. The van der Waals surface area contributed by atoms with Gasteiger partial charge in [-0.3, -0.25) is 9.59 Å². The van der Waals surface area contributed by atoms with Crippen molar-refractivity contribution in [2.24, 2.45) is 0 Å². The van der Waals surface area contributed by atoms with Gasteiger partial charge in [-0.05, 0) is 36.4 Å². The van der Waals surface area contributed by atoms with E-state index in [0.717, 1.165) is 17.0 Å². The highest BCUT2D eigenvalue weighted by atomic mass is 32.1. The molecule has 3 rings (SSSR count). The van der Waals surface area contributed by atoms with Crippen molar-refractivity contribution >= 4 is 28.3 Å². The van der Waals surface area contributed by atoms with Crippen molar-refractivity contribution in [3.8, 4) is 17.0 Å². The Morgan fingerprint density at radius 2 is 2.04 bits per heavy atom. The van der Waals surface area contributed by atoms with Crippen LogP contribution in [0.25, 0.3) is 11.3 Å². The number of furan rings is 1. The second-order valence-corrected chi connectivity index (χ2v) is 5.83. The van der Waals surface area contributed by atoms with Gasteiger partial charge in [-0.25, -0.2) is 4.98 Å². The number of benzene rings is 1. The summed E-state index contributed by atoms with van der Waals surface area (Å²) >= 11 is 1.31. The van der Waals surface area contributed by atoms with Gasteiger partial charge in [0.05, 0.1) is 25.6 Å². The first-order valence-corrected chi connectivity index (χ1v) is 8.25. The van der Waals surface area contributed by atoms with Crippen LogP contribution in [0.15, 0.2) is 52.5 Å². The van der Waals surface area contributed by atoms with Gasteiger partial charge in [0, 0.05) is 10.9 Å².